The quantitative estimate of drug-likeness (QED) is 0.437. The molecular weight excluding hydrogens is 444 g/mol. The van der Waals surface area contributed by atoms with Crippen LogP contribution in [0, 0.1) is 23.7 Å². The first-order chi connectivity index (χ1) is 17.5. The minimum atomic E-state index is -0.594. The van der Waals surface area contributed by atoms with Crippen LogP contribution in [-0.2, 0) is 10.2 Å². The Balaban J connectivity index is 1.30. The number of para-hydroxylation sites is 2. The molecule has 36 heavy (non-hydrogen) atoms. The van der Waals surface area contributed by atoms with Gasteiger partial charge in [0.05, 0.1) is 18.2 Å². The highest BCUT2D eigenvalue weighted by Gasteiger charge is 2.45. The lowest BCUT2D eigenvalue weighted by molar-refractivity contribution is -0.128. The summed E-state index contributed by atoms with van der Waals surface area (Å²) in [4.78, 5) is 18.9. The number of ether oxygens (including phenoxy) is 1. The van der Waals surface area contributed by atoms with Gasteiger partial charge in [-0.05, 0) is 67.8 Å². The smallest absolute Gasteiger partial charge is 0.150 e. The number of Topliss-reactive ketones (excluding diaryl/α,β-unsaturated/α-hetero) is 1. The molecule has 4 heteroatoms. The maximum absolute atomic E-state index is 14.2. The fourth-order valence-electron chi connectivity index (χ4n) is 6.65. The van der Waals surface area contributed by atoms with Crippen molar-refractivity contribution in [3.05, 3.63) is 72.4 Å². The highest BCUT2D eigenvalue weighted by atomic mass is 16.5. The third-order valence-electron chi connectivity index (χ3n) is 9.11. The molecule has 5 atom stereocenters. The van der Waals surface area contributed by atoms with Crippen molar-refractivity contribution in [2.75, 3.05) is 38.2 Å². The number of ketones is 1. The number of hydrogen-bond donors (Lipinski definition) is 0. The van der Waals surface area contributed by atoms with E-state index in [1.807, 2.05) is 18.2 Å². The molecule has 0 spiro atoms. The first-order valence-electron chi connectivity index (χ1n) is 13.9. The Labute approximate surface area is 217 Å². The van der Waals surface area contributed by atoms with Crippen LogP contribution in [0.3, 0.4) is 0 Å². The predicted molar refractivity (Wildman–Crippen MR) is 147 cm³/mol. The van der Waals surface area contributed by atoms with Crippen LogP contribution >= 0.6 is 0 Å². The van der Waals surface area contributed by atoms with Crippen molar-refractivity contribution < 1.29 is 9.53 Å². The topological polar surface area (TPSA) is 32.8 Å². The number of methoxy groups -OCH3 is 1. The molecule has 3 aliphatic rings. The Morgan fingerprint density at radius 3 is 2.36 bits per heavy atom. The molecule has 3 fully saturated rings. The summed E-state index contributed by atoms with van der Waals surface area (Å²) in [5, 5.41) is 0. The summed E-state index contributed by atoms with van der Waals surface area (Å²) in [6, 6.07) is 18.7. The van der Waals surface area contributed by atoms with Gasteiger partial charge in [-0.1, -0.05) is 68.3 Å². The van der Waals surface area contributed by atoms with Crippen LogP contribution in [0.25, 0.3) is 0 Å². The molecular formula is C32H42N2O2. The van der Waals surface area contributed by atoms with Crippen molar-refractivity contribution in [3.8, 4) is 5.75 Å². The third-order valence-corrected chi connectivity index (χ3v) is 9.11. The van der Waals surface area contributed by atoms with E-state index in [1.165, 1.54) is 19.3 Å². The second-order valence-electron chi connectivity index (χ2n) is 11.4. The molecule has 5 rings (SSSR count). The second-order valence-corrected chi connectivity index (χ2v) is 11.4. The molecule has 4 unspecified atom stereocenters. The van der Waals surface area contributed by atoms with Gasteiger partial charge < -0.3 is 14.5 Å². The third kappa shape index (κ3) is 5.19. The van der Waals surface area contributed by atoms with E-state index in [2.05, 4.69) is 72.3 Å². The van der Waals surface area contributed by atoms with Crippen LogP contribution in [0.2, 0.25) is 0 Å². The summed E-state index contributed by atoms with van der Waals surface area (Å²) in [6.07, 6.45) is 10.4. The molecule has 1 saturated heterocycles. The SMILES string of the molecule is COc1ccccc1N1CCN(/C=C/C(C)(C(=O)C2CCCC([C@H]3CC3C)C2)c2ccccc2)CC1. The van der Waals surface area contributed by atoms with Gasteiger partial charge >= 0.3 is 0 Å². The second kappa shape index (κ2) is 10.7. The summed E-state index contributed by atoms with van der Waals surface area (Å²) in [5.74, 6) is 3.98. The van der Waals surface area contributed by atoms with E-state index in [9.17, 15) is 4.79 Å². The van der Waals surface area contributed by atoms with Crippen LogP contribution in [0.5, 0.6) is 5.75 Å². The maximum atomic E-state index is 14.2. The van der Waals surface area contributed by atoms with Gasteiger partial charge in [-0.15, -0.1) is 0 Å². The Morgan fingerprint density at radius 2 is 1.67 bits per heavy atom. The molecule has 2 aromatic rings. The molecule has 4 nitrogen and oxygen atoms in total. The van der Waals surface area contributed by atoms with E-state index in [4.69, 9.17) is 4.74 Å². The molecule has 0 bridgehead atoms. The lowest BCUT2D eigenvalue weighted by Crippen LogP contribution is -2.45. The van der Waals surface area contributed by atoms with Crippen molar-refractivity contribution in [3.63, 3.8) is 0 Å². The van der Waals surface area contributed by atoms with E-state index < -0.39 is 5.41 Å². The number of nitrogens with zero attached hydrogens (tertiary/aromatic N) is 2. The average Bonchev–Trinajstić information content (AvgIpc) is 3.68. The molecule has 1 aliphatic heterocycles. The lowest BCUT2D eigenvalue weighted by atomic mass is 9.68. The van der Waals surface area contributed by atoms with E-state index in [-0.39, 0.29) is 5.92 Å². The standard InChI is InChI=1S/C32H42N2O2/c1-24-22-28(24)25-10-9-11-26(23-25)31(35)32(2,27-12-5-4-6-13-27)16-17-33-18-20-34(21-19-33)29-14-7-8-15-30(29)36-3/h4-8,12-17,24-26,28H,9-11,18-23H2,1-3H3/b17-16+/t24?,25?,26?,28-,32?/m0/s1. The zero-order chi connectivity index (χ0) is 25.1. The molecule has 1 heterocycles. The first kappa shape index (κ1) is 24.9. The summed E-state index contributed by atoms with van der Waals surface area (Å²) in [7, 11) is 1.74. The van der Waals surface area contributed by atoms with Gasteiger partial charge in [0.1, 0.15) is 11.5 Å². The minimum Gasteiger partial charge on any atom is -0.495 e. The molecule has 192 valence electrons. The van der Waals surface area contributed by atoms with Crippen LogP contribution in [0.15, 0.2) is 66.9 Å². The fourth-order valence-corrected chi connectivity index (χ4v) is 6.65. The highest BCUT2D eigenvalue weighted by molar-refractivity contribution is 5.93. The average molecular weight is 487 g/mol. The number of benzene rings is 2. The Morgan fingerprint density at radius 1 is 0.972 bits per heavy atom. The number of hydrogen-bond acceptors (Lipinski definition) is 4. The van der Waals surface area contributed by atoms with Gasteiger partial charge in [0.2, 0.25) is 0 Å². The van der Waals surface area contributed by atoms with Crippen LogP contribution in [0.4, 0.5) is 5.69 Å². The van der Waals surface area contributed by atoms with E-state index in [0.717, 1.165) is 73.8 Å². The Hall–Kier alpha value is -2.75. The molecule has 2 aromatic carbocycles. The molecule has 0 aromatic heterocycles. The van der Waals surface area contributed by atoms with E-state index >= 15 is 0 Å². The van der Waals surface area contributed by atoms with Crippen LogP contribution in [0.1, 0.15) is 51.5 Å². The number of rotatable bonds is 8. The molecule has 2 aliphatic carbocycles. The fraction of sp³-hybridized carbons (Fsp3) is 0.531. The van der Waals surface area contributed by atoms with Gasteiger partial charge in [0.25, 0.3) is 0 Å². The zero-order valence-corrected chi connectivity index (χ0v) is 22.2. The zero-order valence-electron chi connectivity index (χ0n) is 22.2. The van der Waals surface area contributed by atoms with Crippen molar-refractivity contribution in [1.29, 1.82) is 0 Å². The largest absolute Gasteiger partial charge is 0.495 e. The molecule has 0 amide bonds. The van der Waals surface area contributed by atoms with E-state index in [1.54, 1.807) is 7.11 Å². The van der Waals surface area contributed by atoms with Crippen molar-refractivity contribution in [2.45, 2.75) is 51.4 Å². The molecule has 0 N–H and O–H groups in total. The van der Waals surface area contributed by atoms with Crippen LogP contribution < -0.4 is 9.64 Å². The summed E-state index contributed by atoms with van der Waals surface area (Å²) >= 11 is 0. The maximum Gasteiger partial charge on any atom is 0.150 e. The van der Waals surface area contributed by atoms with Gasteiger partial charge in [-0.3, -0.25) is 4.79 Å². The van der Waals surface area contributed by atoms with Crippen molar-refractivity contribution >= 4 is 11.5 Å². The molecule has 0 radical (unpaired) electrons. The van der Waals surface area contributed by atoms with Crippen molar-refractivity contribution in [2.24, 2.45) is 23.7 Å². The Bertz CT molecular complexity index is 1060. The number of anilines is 1. The van der Waals surface area contributed by atoms with Crippen LogP contribution in [-0.4, -0.2) is 44.0 Å². The first-order valence-corrected chi connectivity index (χ1v) is 13.9. The number of allylic oxidation sites excluding steroid dienone is 1. The highest BCUT2D eigenvalue weighted by Crippen LogP contribution is 2.51. The predicted octanol–water partition coefficient (Wildman–Crippen LogP) is 6.32. The monoisotopic (exact) mass is 486 g/mol. The van der Waals surface area contributed by atoms with Gasteiger partial charge in [0.15, 0.2) is 0 Å². The number of carbonyl (C=O) groups excluding carboxylic acids is 1. The number of piperazine rings is 1. The summed E-state index contributed by atoms with van der Waals surface area (Å²) in [6.45, 7) is 8.25. The normalized spacial score (nSPS) is 28.1. The van der Waals surface area contributed by atoms with Gasteiger partial charge in [-0.2, -0.15) is 0 Å². The summed E-state index contributed by atoms with van der Waals surface area (Å²) < 4.78 is 5.58. The Kier molecular flexibility index (Phi) is 7.41. The number of carbonyl (C=O) groups is 1. The minimum absolute atomic E-state index is 0.175. The van der Waals surface area contributed by atoms with Gasteiger partial charge in [-0.25, -0.2) is 0 Å². The van der Waals surface area contributed by atoms with Crippen molar-refractivity contribution in [1.82, 2.24) is 4.90 Å². The lowest BCUT2D eigenvalue weighted by Gasteiger charge is -2.38. The van der Waals surface area contributed by atoms with Gasteiger partial charge in [0, 0.05) is 32.1 Å². The molecule has 2 saturated carbocycles. The summed E-state index contributed by atoms with van der Waals surface area (Å²) in [5.41, 5.74) is 1.67. The van der Waals surface area contributed by atoms with E-state index in [0.29, 0.717) is 5.78 Å².